The summed E-state index contributed by atoms with van der Waals surface area (Å²) < 4.78 is 0. The molecule has 144 valence electrons. The van der Waals surface area contributed by atoms with E-state index in [2.05, 4.69) is 16.0 Å². The van der Waals surface area contributed by atoms with Gasteiger partial charge in [-0.1, -0.05) is 66.7 Å². The van der Waals surface area contributed by atoms with E-state index in [0.717, 1.165) is 11.3 Å². The Hall–Kier alpha value is -3.77. The van der Waals surface area contributed by atoms with E-state index in [1.54, 1.807) is 36.4 Å². The molecule has 0 bridgehead atoms. The van der Waals surface area contributed by atoms with Crippen molar-refractivity contribution >= 4 is 17.5 Å². The van der Waals surface area contributed by atoms with Crippen molar-refractivity contribution < 1.29 is 9.59 Å². The topological polar surface area (TPSA) is 73.8 Å². The highest BCUT2D eigenvalue weighted by Gasteiger charge is 2.32. The summed E-state index contributed by atoms with van der Waals surface area (Å²) in [4.78, 5) is 25.4. The lowest BCUT2D eigenvalue weighted by molar-refractivity contribution is 0.0646. The highest BCUT2D eigenvalue weighted by Crippen LogP contribution is 2.20. The summed E-state index contributed by atoms with van der Waals surface area (Å²) in [5.74, 6) is -0.506. The van der Waals surface area contributed by atoms with Gasteiger partial charge in [0.05, 0.1) is 5.71 Å². The van der Waals surface area contributed by atoms with Crippen LogP contribution < -0.4 is 10.9 Å². The maximum absolute atomic E-state index is 13.0. The number of hydrazine groups is 1. The molecule has 0 radical (unpaired) electrons. The van der Waals surface area contributed by atoms with Gasteiger partial charge >= 0.3 is 0 Å². The number of amides is 2. The lowest BCUT2D eigenvalue weighted by Gasteiger charge is -2.23. The Bertz CT molecular complexity index is 1020. The fourth-order valence-corrected chi connectivity index (χ4v) is 3.14. The smallest absolute Gasteiger partial charge is 0.275 e. The van der Waals surface area contributed by atoms with Crippen LogP contribution in [0, 0.1) is 0 Å². The third kappa shape index (κ3) is 4.23. The van der Waals surface area contributed by atoms with Crippen molar-refractivity contribution in [2.24, 2.45) is 5.10 Å². The number of hydrogen-bond acceptors (Lipinski definition) is 4. The largest absolute Gasteiger partial charge is 0.285 e. The zero-order valence-corrected chi connectivity index (χ0v) is 15.7. The summed E-state index contributed by atoms with van der Waals surface area (Å²) >= 11 is 0. The van der Waals surface area contributed by atoms with E-state index in [-0.39, 0.29) is 11.8 Å². The molecule has 1 aliphatic rings. The Kier molecular flexibility index (Phi) is 5.45. The van der Waals surface area contributed by atoms with Gasteiger partial charge in [0.2, 0.25) is 0 Å². The van der Waals surface area contributed by atoms with E-state index >= 15 is 0 Å². The molecular formula is C23H20N4O2. The average molecular weight is 384 g/mol. The van der Waals surface area contributed by atoms with Gasteiger partial charge in [-0.25, -0.2) is 10.4 Å². The summed E-state index contributed by atoms with van der Waals surface area (Å²) in [6.07, 6.45) is -0.0249. The Labute approximate surface area is 168 Å². The Morgan fingerprint density at radius 1 is 0.793 bits per heavy atom. The van der Waals surface area contributed by atoms with Crippen LogP contribution in [0.15, 0.2) is 96.1 Å². The molecule has 2 amide bonds. The summed E-state index contributed by atoms with van der Waals surface area (Å²) in [5, 5.41) is 5.95. The molecule has 1 heterocycles. The van der Waals surface area contributed by atoms with Gasteiger partial charge in [0, 0.05) is 17.5 Å². The first-order valence-electron chi connectivity index (χ1n) is 9.35. The van der Waals surface area contributed by atoms with E-state index in [0.29, 0.717) is 17.5 Å². The minimum atomic E-state index is -0.495. The van der Waals surface area contributed by atoms with Gasteiger partial charge in [-0.05, 0) is 29.8 Å². The maximum atomic E-state index is 13.0. The first kappa shape index (κ1) is 18.6. The summed E-state index contributed by atoms with van der Waals surface area (Å²) in [7, 11) is 0. The highest BCUT2D eigenvalue weighted by molar-refractivity contribution is 6.04. The SMILES string of the molecule is O=C(NN[C@H]1CC(c2ccccc2)=NN1C(=O)c1ccccc1)c1ccccc1. The van der Waals surface area contributed by atoms with E-state index < -0.39 is 6.17 Å². The summed E-state index contributed by atoms with van der Waals surface area (Å²) in [5.41, 5.74) is 8.45. The first-order chi connectivity index (χ1) is 14.2. The number of hydrogen-bond donors (Lipinski definition) is 2. The number of carbonyl (C=O) groups excluding carboxylic acids is 2. The van der Waals surface area contributed by atoms with Crippen molar-refractivity contribution in [3.63, 3.8) is 0 Å². The third-order valence-electron chi connectivity index (χ3n) is 4.63. The molecule has 0 saturated heterocycles. The number of rotatable bonds is 5. The van der Waals surface area contributed by atoms with Crippen LogP contribution in [0.1, 0.15) is 32.7 Å². The molecule has 0 aromatic heterocycles. The number of nitrogens with zero attached hydrogens (tertiary/aromatic N) is 2. The molecule has 6 heteroatoms. The molecule has 4 rings (SSSR count). The Balaban J connectivity index is 1.54. The fraction of sp³-hybridized carbons (Fsp3) is 0.0870. The number of carbonyl (C=O) groups is 2. The van der Waals surface area contributed by atoms with Gasteiger partial charge in [0.25, 0.3) is 11.8 Å². The van der Waals surface area contributed by atoms with Crippen LogP contribution in [-0.4, -0.2) is 28.7 Å². The molecule has 29 heavy (non-hydrogen) atoms. The van der Waals surface area contributed by atoms with Gasteiger partial charge in [-0.3, -0.25) is 15.0 Å². The van der Waals surface area contributed by atoms with Gasteiger partial charge in [0.1, 0.15) is 6.17 Å². The van der Waals surface area contributed by atoms with E-state index in [1.165, 1.54) is 5.01 Å². The second-order valence-corrected chi connectivity index (χ2v) is 6.61. The quantitative estimate of drug-likeness (QED) is 0.664. The van der Waals surface area contributed by atoms with E-state index in [4.69, 9.17) is 0 Å². The molecule has 0 spiro atoms. The third-order valence-corrected chi connectivity index (χ3v) is 4.63. The number of nitrogens with one attached hydrogen (secondary N) is 2. The number of benzene rings is 3. The molecule has 0 unspecified atom stereocenters. The molecular weight excluding hydrogens is 364 g/mol. The van der Waals surface area contributed by atoms with Crippen LogP contribution >= 0.6 is 0 Å². The van der Waals surface area contributed by atoms with Crippen LogP contribution in [0.2, 0.25) is 0 Å². The van der Waals surface area contributed by atoms with Crippen LogP contribution in [0.3, 0.4) is 0 Å². The normalized spacial score (nSPS) is 15.7. The average Bonchev–Trinajstić information content (AvgIpc) is 3.23. The maximum Gasteiger partial charge on any atom is 0.275 e. The van der Waals surface area contributed by atoms with Gasteiger partial charge < -0.3 is 0 Å². The van der Waals surface area contributed by atoms with Crippen molar-refractivity contribution in [2.75, 3.05) is 0 Å². The van der Waals surface area contributed by atoms with Crippen molar-refractivity contribution in [1.29, 1.82) is 0 Å². The molecule has 1 aliphatic heterocycles. The summed E-state index contributed by atoms with van der Waals surface area (Å²) in [6.45, 7) is 0. The van der Waals surface area contributed by atoms with Gasteiger partial charge in [-0.2, -0.15) is 5.10 Å². The molecule has 3 aromatic rings. The Morgan fingerprint density at radius 2 is 1.34 bits per heavy atom. The van der Waals surface area contributed by atoms with E-state index in [9.17, 15) is 9.59 Å². The molecule has 2 N–H and O–H groups in total. The van der Waals surface area contributed by atoms with E-state index in [1.807, 2.05) is 54.6 Å². The molecule has 3 aromatic carbocycles. The molecule has 0 fully saturated rings. The van der Waals surface area contributed by atoms with Crippen molar-refractivity contribution in [1.82, 2.24) is 15.9 Å². The van der Waals surface area contributed by atoms with Crippen LogP contribution in [0.25, 0.3) is 0 Å². The zero-order chi connectivity index (χ0) is 20.1. The first-order valence-corrected chi connectivity index (χ1v) is 9.35. The van der Waals surface area contributed by atoms with Crippen molar-refractivity contribution in [3.8, 4) is 0 Å². The second kappa shape index (κ2) is 8.50. The standard InChI is InChI=1S/C23H20N4O2/c28-22(18-12-6-2-7-13-18)25-24-21-16-20(17-10-4-1-5-11-17)26-27(21)23(29)19-14-8-3-9-15-19/h1-15,21,24H,16H2,(H,25,28)/t21-/m1/s1. The molecule has 6 nitrogen and oxygen atoms in total. The van der Waals surface area contributed by atoms with Gasteiger partial charge in [-0.15, -0.1) is 0 Å². The molecule has 0 saturated carbocycles. The van der Waals surface area contributed by atoms with Crippen molar-refractivity contribution in [3.05, 3.63) is 108 Å². The molecule has 1 atom stereocenters. The Morgan fingerprint density at radius 3 is 1.97 bits per heavy atom. The van der Waals surface area contributed by atoms with Crippen LogP contribution in [0.4, 0.5) is 0 Å². The predicted octanol–water partition coefficient (Wildman–Crippen LogP) is 3.20. The lowest BCUT2D eigenvalue weighted by atomic mass is 10.1. The molecule has 0 aliphatic carbocycles. The number of hydrazone groups is 1. The minimum Gasteiger partial charge on any atom is -0.285 e. The summed E-state index contributed by atoms with van der Waals surface area (Å²) in [6, 6.07) is 27.6. The lowest BCUT2D eigenvalue weighted by Crippen LogP contribution is -2.51. The fourth-order valence-electron chi connectivity index (χ4n) is 3.14. The van der Waals surface area contributed by atoms with Crippen LogP contribution in [-0.2, 0) is 0 Å². The van der Waals surface area contributed by atoms with Gasteiger partial charge in [0.15, 0.2) is 0 Å². The highest BCUT2D eigenvalue weighted by atomic mass is 16.2. The van der Waals surface area contributed by atoms with Crippen LogP contribution in [0.5, 0.6) is 0 Å². The predicted molar refractivity (Wildman–Crippen MR) is 111 cm³/mol. The zero-order valence-electron chi connectivity index (χ0n) is 15.7. The second-order valence-electron chi connectivity index (χ2n) is 6.61. The monoisotopic (exact) mass is 384 g/mol. The minimum absolute atomic E-state index is 0.233. The van der Waals surface area contributed by atoms with Crippen molar-refractivity contribution in [2.45, 2.75) is 12.6 Å².